The molecule has 1 aromatic carbocycles. The minimum Gasteiger partial charge on any atom is -0.464 e. The maximum absolute atomic E-state index is 11.2. The summed E-state index contributed by atoms with van der Waals surface area (Å²) in [4.78, 5) is 29.4. The number of ether oxygens (including phenoxy) is 2. The van der Waals surface area contributed by atoms with Gasteiger partial charge in [-0.15, -0.1) is 0 Å². The highest BCUT2D eigenvalue weighted by molar-refractivity contribution is 5.86. The quantitative estimate of drug-likeness (QED) is 0.483. The zero-order valence-electron chi connectivity index (χ0n) is 11.3. The van der Waals surface area contributed by atoms with E-state index in [2.05, 4.69) is 14.7 Å². The number of para-hydroxylation sites is 1. The fraction of sp³-hybridized carbons (Fsp3) is 0.154. The predicted octanol–water partition coefficient (Wildman–Crippen LogP) is 2.27. The van der Waals surface area contributed by atoms with E-state index < -0.39 is 10.9 Å². The van der Waals surface area contributed by atoms with Crippen LogP contribution in [0, 0.1) is 17.0 Å². The Hall–Kier alpha value is -3.03. The molecule has 0 N–H and O–H groups in total. The summed E-state index contributed by atoms with van der Waals surface area (Å²) < 4.78 is 9.84. The van der Waals surface area contributed by atoms with Crippen molar-refractivity contribution in [3.05, 3.63) is 52.0 Å². The van der Waals surface area contributed by atoms with E-state index in [4.69, 9.17) is 4.74 Å². The van der Waals surface area contributed by atoms with Gasteiger partial charge in [-0.2, -0.15) is 0 Å². The number of carbonyl (C=O) groups is 1. The molecule has 1 aromatic heterocycles. The van der Waals surface area contributed by atoms with Crippen molar-refractivity contribution < 1.29 is 19.2 Å². The molecular formula is C13H11N3O5. The third-order valence-electron chi connectivity index (χ3n) is 2.62. The maximum Gasteiger partial charge on any atom is 0.358 e. The van der Waals surface area contributed by atoms with Gasteiger partial charge in [0.15, 0.2) is 5.69 Å². The molecule has 0 fully saturated rings. The van der Waals surface area contributed by atoms with Crippen molar-refractivity contribution in [3.8, 4) is 11.6 Å². The van der Waals surface area contributed by atoms with Crippen LogP contribution >= 0.6 is 0 Å². The van der Waals surface area contributed by atoms with Crippen LogP contribution in [0.5, 0.6) is 11.6 Å². The lowest BCUT2D eigenvalue weighted by Crippen LogP contribution is -2.05. The highest BCUT2D eigenvalue weighted by atomic mass is 16.6. The lowest BCUT2D eigenvalue weighted by atomic mass is 10.2. The summed E-state index contributed by atoms with van der Waals surface area (Å²) >= 11 is 0. The molecule has 2 rings (SSSR count). The van der Waals surface area contributed by atoms with Crippen molar-refractivity contribution >= 4 is 11.7 Å². The molecule has 108 valence electrons. The lowest BCUT2D eigenvalue weighted by molar-refractivity contribution is -0.386. The van der Waals surface area contributed by atoms with E-state index in [9.17, 15) is 14.9 Å². The van der Waals surface area contributed by atoms with Gasteiger partial charge in [-0.25, -0.2) is 14.8 Å². The van der Waals surface area contributed by atoms with E-state index >= 15 is 0 Å². The third kappa shape index (κ3) is 3.11. The first-order valence-corrected chi connectivity index (χ1v) is 5.85. The molecular weight excluding hydrogens is 278 g/mol. The van der Waals surface area contributed by atoms with Gasteiger partial charge < -0.3 is 9.47 Å². The Kier molecular flexibility index (Phi) is 4.07. The molecule has 0 spiro atoms. The molecule has 0 aliphatic carbocycles. The van der Waals surface area contributed by atoms with Crippen molar-refractivity contribution in [2.75, 3.05) is 7.11 Å². The molecule has 0 aliphatic rings. The molecule has 0 amide bonds. The van der Waals surface area contributed by atoms with E-state index in [0.29, 0.717) is 5.56 Å². The van der Waals surface area contributed by atoms with E-state index in [1.54, 1.807) is 19.1 Å². The topological polar surface area (TPSA) is 104 Å². The van der Waals surface area contributed by atoms with Gasteiger partial charge in [0.05, 0.1) is 24.4 Å². The van der Waals surface area contributed by atoms with Gasteiger partial charge in [-0.05, 0) is 13.0 Å². The largest absolute Gasteiger partial charge is 0.464 e. The zero-order chi connectivity index (χ0) is 15.4. The Morgan fingerprint density at radius 1 is 1.29 bits per heavy atom. The fourth-order valence-electron chi connectivity index (χ4n) is 1.64. The van der Waals surface area contributed by atoms with Crippen LogP contribution in [-0.4, -0.2) is 28.0 Å². The Morgan fingerprint density at radius 3 is 2.62 bits per heavy atom. The van der Waals surface area contributed by atoms with E-state index in [1.807, 2.05) is 0 Å². The molecule has 0 aliphatic heterocycles. The maximum atomic E-state index is 11.2. The summed E-state index contributed by atoms with van der Waals surface area (Å²) in [6.07, 6.45) is 2.36. The molecule has 0 unspecified atom stereocenters. The van der Waals surface area contributed by atoms with Crippen LogP contribution in [0.2, 0.25) is 0 Å². The van der Waals surface area contributed by atoms with Crippen molar-refractivity contribution in [3.63, 3.8) is 0 Å². The average Bonchev–Trinajstić information content (AvgIpc) is 2.47. The van der Waals surface area contributed by atoms with E-state index in [1.165, 1.54) is 25.6 Å². The molecule has 1 heterocycles. The average molecular weight is 289 g/mol. The molecule has 0 saturated heterocycles. The molecule has 0 saturated carbocycles. The number of methoxy groups -OCH3 is 1. The van der Waals surface area contributed by atoms with Crippen LogP contribution in [0.3, 0.4) is 0 Å². The van der Waals surface area contributed by atoms with Crippen LogP contribution in [0.15, 0.2) is 30.6 Å². The molecule has 0 atom stereocenters. The standard InChI is InChI=1S/C13H11N3O5/c1-8-4-3-5-10(12(8)16(18)19)21-11-7-14-9(6-15-11)13(17)20-2/h3-7H,1-2H3. The van der Waals surface area contributed by atoms with Gasteiger partial charge in [-0.1, -0.05) is 12.1 Å². The van der Waals surface area contributed by atoms with Crippen molar-refractivity contribution in [1.82, 2.24) is 9.97 Å². The first kappa shape index (κ1) is 14.4. The molecule has 8 heteroatoms. The fourth-order valence-corrected chi connectivity index (χ4v) is 1.64. The minimum atomic E-state index is -0.629. The Bertz CT molecular complexity index is 685. The number of nitro benzene ring substituents is 1. The van der Waals surface area contributed by atoms with Crippen molar-refractivity contribution in [2.24, 2.45) is 0 Å². The van der Waals surface area contributed by atoms with Gasteiger partial charge in [0.2, 0.25) is 11.6 Å². The van der Waals surface area contributed by atoms with E-state index in [-0.39, 0.29) is 23.0 Å². The zero-order valence-corrected chi connectivity index (χ0v) is 11.3. The third-order valence-corrected chi connectivity index (χ3v) is 2.62. The monoisotopic (exact) mass is 289 g/mol. The number of nitro groups is 1. The second-order valence-electron chi connectivity index (χ2n) is 4.01. The van der Waals surface area contributed by atoms with Crippen LogP contribution in [0.4, 0.5) is 5.69 Å². The minimum absolute atomic E-state index is 0.0172. The van der Waals surface area contributed by atoms with Crippen molar-refractivity contribution in [2.45, 2.75) is 6.92 Å². The number of aryl methyl sites for hydroxylation is 1. The lowest BCUT2D eigenvalue weighted by Gasteiger charge is -2.06. The van der Waals surface area contributed by atoms with E-state index in [0.717, 1.165) is 0 Å². The number of hydrogen-bond donors (Lipinski definition) is 0. The number of aromatic nitrogens is 2. The highest BCUT2D eigenvalue weighted by Crippen LogP contribution is 2.32. The Labute approximate surface area is 119 Å². The van der Waals surface area contributed by atoms with Gasteiger partial charge in [0.25, 0.3) is 0 Å². The van der Waals surface area contributed by atoms with Crippen LogP contribution < -0.4 is 4.74 Å². The first-order valence-electron chi connectivity index (χ1n) is 5.85. The number of nitrogens with zero attached hydrogens (tertiary/aromatic N) is 3. The second kappa shape index (κ2) is 5.95. The van der Waals surface area contributed by atoms with Gasteiger partial charge in [0, 0.05) is 5.56 Å². The summed E-state index contributed by atoms with van der Waals surface area (Å²) in [5.74, 6) is -0.535. The Balaban J connectivity index is 2.29. The van der Waals surface area contributed by atoms with Crippen LogP contribution in [0.25, 0.3) is 0 Å². The normalized spacial score (nSPS) is 10.0. The summed E-state index contributed by atoms with van der Waals surface area (Å²) in [5, 5.41) is 11.0. The smallest absolute Gasteiger partial charge is 0.358 e. The number of carbonyl (C=O) groups excluding carboxylic acids is 1. The van der Waals surface area contributed by atoms with Crippen molar-refractivity contribution in [1.29, 1.82) is 0 Å². The first-order chi connectivity index (χ1) is 10.0. The SMILES string of the molecule is COC(=O)c1cnc(Oc2cccc(C)c2[N+](=O)[O-])cn1. The summed E-state index contributed by atoms with van der Waals surface area (Å²) in [6.45, 7) is 1.61. The highest BCUT2D eigenvalue weighted by Gasteiger charge is 2.19. The molecule has 2 aromatic rings. The molecule has 0 radical (unpaired) electrons. The van der Waals surface area contributed by atoms with Gasteiger partial charge in [0.1, 0.15) is 0 Å². The Morgan fingerprint density at radius 2 is 2.05 bits per heavy atom. The van der Waals surface area contributed by atoms with Gasteiger partial charge in [-0.3, -0.25) is 10.1 Å². The van der Waals surface area contributed by atoms with Gasteiger partial charge >= 0.3 is 11.7 Å². The molecule has 8 nitrogen and oxygen atoms in total. The van der Waals surface area contributed by atoms with Crippen LogP contribution in [-0.2, 0) is 4.74 Å². The van der Waals surface area contributed by atoms with Crippen LogP contribution in [0.1, 0.15) is 16.1 Å². The number of hydrogen-bond acceptors (Lipinski definition) is 7. The summed E-state index contributed by atoms with van der Waals surface area (Å²) in [5.41, 5.74) is 0.344. The number of benzene rings is 1. The molecule has 21 heavy (non-hydrogen) atoms. The predicted molar refractivity (Wildman–Crippen MR) is 71.3 cm³/mol. The number of rotatable bonds is 4. The summed E-state index contributed by atoms with van der Waals surface area (Å²) in [7, 11) is 1.23. The molecule has 0 bridgehead atoms. The summed E-state index contributed by atoms with van der Waals surface area (Å²) in [6, 6.07) is 4.70. The second-order valence-corrected chi connectivity index (χ2v) is 4.01. The number of esters is 1.